The van der Waals surface area contributed by atoms with Crippen LogP contribution >= 0.6 is 11.6 Å². The van der Waals surface area contributed by atoms with Crippen LogP contribution in [0.4, 0.5) is 0 Å². The molecule has 0 aromatic rings. The highest BCUT2D eigenvalue weighted by atomic mass is 35.5. The van der Waals surface area contributed by atoms with Crippen LogP contribution < -0.4 is 0 Å². The van der Waals surface area contributed by atoms with E-state index in [1.54, 1.807) is 0 Å². The average Bonchev–Trinajstić information content (AvgIpc) is 1.91. The Morgan fingerprint density at radius 3 is 2.67 bits per heavy atom. The number of halogens is 1. The Morgan fingerprint density at radius 1 is 1.67 bits per heavy atom. The maximum Gasteiger partial charge on any atom is 0.0286 e. The molecule has 0 nitrogen and oxygen atoms in total. The van der Waals surface area contributed by atoms with E-state index in [1.165, 1.54) is 19.3 Å². The normalized spacial score (nSPS) is 13.1. The van der Waals surface area contributed by atoms with Crippen LogP contribution in [0.25, 0.3) is 0 Å². The molecule has 0 aliphatic rings. The molecule has 0 aliphatic carbocycles. The first-order valence-electron chi connectivity index (χ1n) is 3.53. The van der Waals surface area contributed by atoms with Crippen LogP contribution in [0.1, 0.15) is 26.2 Å². The minimum absolute atomic E-state index is 0.534. The Bertz CT molecular complexity index is 69.0. The number of hydrogen-bond donors (Lipinski definition) is 0. The Hall–Kier alpha value is 0.0300. The first-order valence-corrected chi connectivity index (χ1v) is 4.07. The molecule has 0 amide bonds. The first kappa shape index (κ1) is 9.03. The van der Waals surface area contributed by atoms with Gasteiger partial charge in [0.2, 0.25) is 0 Å². The van der Waals surface area contributed by atoms with Gasteiger partial charge in [0, 0.05) is 5.88 Å². The molecule has 0 heterocycles. The van der Waals surface area contributed by atoms with Gasteiger partial charge in [-0.1, -0.05) is 25.8 Å². The number of rotatable bonds is 5. The number of allylic oxidation sites excluding steroid dienone is 1. The second kappa shape index (κ2) is 6.15. The minimum Gasteiger partial charge on any atom is -0.126 e. The fourth-order valence-corrected chi connectivity index (χ4v) is 1.00. The second-order valence-electron chi connectivity index (χ2n) is 2.29. The van der Waals surface area contributed by atoms with Gasteiger partial charge in [0.05, 0.1) is 0 Å². The zero-order valence-corrected chi connectivity index (χ0v) is 6.82. The van der Waals surface area contributed by atoms with Gasteiger partial charge in [0.25, 0.3) is 0 Å². The highest BCUT2D eigenvalue weighted by Crippen LogP contribution is 2.10. The third-order valence-electron chi connectivity index (χ3n) is 1.46. The third-order valence-corrected chi connectivity index (χ3v) is 1.86. The molecule has 0 rings (SSSR count). The lowest BCUT2D eigenvalue weighted by molar-refractivity contribution is 0.604. The summed E-state index contributed by atoms with van der Waals surface area (Å²) in [5, 5.41) is 0. The predicted octanol–water partition coefficient (Wildman–Crippen LogP) is 3.22. The summed E-state index contributed by atoms with van der Waals surface area (Å²) in [6.07, 6.45) is 5.66. The van der Waals surface area contributed by atoms with Crippen LogP contribution in [-0.4, -0.2) is 5.88 Å². The SMILES string of the molecule is C=CC(CCl)CCCC. The van der Waals surface area contributed by atoms with E-state index in [-0.39, 0.29) is 0 Å². The van der Waals surface area contributed by atoms with Gasteiger partial charge in [-0.2, -0.15) is 0 Å². The summed E-state index contributed by atoms with van der Waals surface area (Å²) in [6.45, 7) is 5.89. The third kappa shape index (κ3) is 4.53. The largest absolute Gasteiger partial charge is 0.126 e. The Morgan fingerprint density at radius 2 is 2.33 bits per heavy atom. The molecule has 1 unspecified atom stereocenters. The molecule has 0 N–H and O–H groups in total. The van der Waals surface area contributed by atoms with Crippen molar-refractivity contribution in [3.8, 4) is 0 Å². The van der Waals surface area contributed by atoms with Crippen LogP contribution in [0.5, 0.6) is 0 Å². The van der Waals surface area contributed by atoms with Crippen molar-refractivity contribution >= 4 is 11.6 Å². The van der Waals surface area contributed by atoms with E-state index >= 15 is 0 Å². The summed E-state index contributed by atoms with van der Waals surface area (Å²) >= 11 is 5.63. The number of alkyl halides is 1. The van der Waals surface area contributed by atoms with Gasteiger partial charge < -0.3 is 0 Å². The van der Waals surface area contributed by atoms with Crippen molar-refractivity contribution in [3.05, 3.63) is 12.7 Å². The summed E-state index contributed by atoms with van der Waals surface area (Å²) in [6, 6.07) is 0. The molecule has 0 fully saturated rings. The van der Waals surface area contributed by atoms with Crippen molar-refractivity contribution < 1.29 is 0 Å². The van der Waals surface area contributed by atoms with Crippen molar-refractivity contribution in [3.63, 3.8) is 0 Å². The van der Waals surface area contributed by atoms with E-state index in [0.29, 0.717) is 5.92 Å². The smallest absolute Gasteiger partial charge is 0.0286 e. The summed E-state index contributed by atoms with van der Waals surface area (Å²) < 4.78 is 0. The van der Waals surface area contributed by atoms with E-state index in [0.717, 1.165) is 5.88 Å². The molecule has 1 heteroatoms. The topological polar surface area (TPSA) is 0 Å². The Labute approximate surface area is 62.9 Å². The molecule has 1 atom stereocenters. The van der Waals surface area contributed by atoms with Crippen molar-refractivity contribution in [2.75, 3.05) is 5.88 Å². The average molecular weight is 147 g/mol. The molecular weight excluding hydrogens is 132 g/mol. The van der Waals surface area contributed by atoms with E-state index in [2.05, 4.69) is 13.5 Å². The fraction of sp³-hybridized carbons (Fsp3) is 0.750. The predicted molar refractivity (Wildman–Crippen MR) is 43.9 cm³/mol. The highest BCUT2D eigenvalue weighted by molar-refractivity contribution is 6.18. The summed E-state index contributed by atoms with van der Waals surface area (Å²) in [5.41, 5.74) is 0. The first-order chi connectivity index (χ1) is 4.35. The summed E-state index contributed by atoms with van der Waals surface area (Å²) in [5.74, 6) is 1.26. The Kier molecular flexibility index (Phi) is 6.18. The lowest BCUT2D eigenvalue weighted by atomic mass is 10.1. The van der Waals surface area contributed by atoms with Crippen molar-refractivity contribution in [1.29, 1.82) is 0 Å². The zero-order valence-electron chi connectivity index (χ0n) is 6.07. The number of hydrogen-bond acceptors (Lipinski definition) is 0. The lowest BCUT2D eigenvalue weighted by Crippen LogP contribution is -1.96. The van der Waals surface area contributed by atoms with Crippen LogP contribution in [-0.2, 0) is 0 Å². The van der Waals surface area contributed by atoms with Crippen LogP contribution in [0.2, 0.25) is 0 Å². The lowest BCUT2D eigenvalue weighted by Gasteiger charge is -2.05. The molecule has 0 spiro atoms. The van der Waals surface area contributed by atoms with Gasteiger partial charge in [-0.15, -0.1) is 18.2 Å². The Balaban J connectivity index is 3.20. The molecule has 54 valence electrons. The molecule has 0 radical (unpaired) electrons. The van der Waals surface area contributed by atoms with Crippen molar-refractivity contribution in [2.45, 2.75) is 26.2 Å². The minimum atomic E-state index is 0.534. The van der Waals surface area contributed by atoms with Gasteiger partial charge in [0.15, 0.2) is 0 Å². The van der Waals surface area contributed by atoms with Gasteiger partial charge >= 0.3 is 0 Å². The maximum atomic E-state index is 5.63. The molecule has 0 aromatic heterocycles. The molecular formula is C8H15Cl. The van der Waals surface area contributed by atoms with Gasteiger partial charge in [-0.05, 0) is 12.3 Å². The highest BCUT2D eigenvalue weighted by Gasteiger charge is 1.98. The van der Waals surface area contributed by atoms with Crippen LogP contribution in [0.15, 0.2) is 12.7 Å². The van der Waals surface area contributed by atoms with Crippen molar-refractivity contribution in [1.82, 2.24) is 0 Å². The fourth-order valence-electron chi connectivity index (χ4n) is 0.724. The monoisotopic (exact) mass is 146 g/mol. The summed E-state index contributed by atoms with van der Waals surface area (Å²) in [7, 11) is 0. The van der Waals surface area contributed by atoms with Crippen LogP contribution in [0, 0.1) is 5.92 Å². The summed E-state index contributed by atoms with van der Waals surface area (Å²) in [4.78, 5) is 0. The standard InChI is InChI=1S/C8H15Cl/c1-3-5-6-8(4-2)7-9/h4,8H,2-3,5-7H2,1H3. The van der Waals surface area contributed by atoms with Gasteiger partial charge in [0.1, 0.15) is 0 Å². The number of unbranched alkanes of at least 4 members (excludes halogenated alkanes) is 1. The van der Waals surface area contributed by atoms with Crippen LogP contribution in [0.3, 0.4) is 0 Å². The van der Waals surface area contributed by atoms with E-state index in [1.807, 2.05) is 6.08 Å². The van der Waals surface area contributed by atoms with E-state index in [9.17, 15) is 0 Å². The van der Waals surface area contributed by atoms with E-state index in [4.69, 9.17) is 11.6 Å². The van der Waals surface area contributed by atoms with Crippen molar-refractivity contribution in [2.24, 2.45) is 5.92 Å². The maximum absolute atomic E-state index is 5.63. The molecule has 0 saturated heterocycles. The molecule has 0 aliphatic heterocycles. The molecule has 0 bridgehead atoms. The molecule has 9 heavy (non-hydrogen) atoms. The molecule has 0 aromatic carbocycles. The van der Waals surface area contributed by atoms with Gasteiger partial charge in [-0.3, -0.25) is 0 Å². The van der Waals surface area contributed by atoms with E-state index < -0.39 is 0 Å². The quantitative estimate of drug-likeness (QED) is 0.413. The van der Waals surface area contributed by atoms with Gasteiger partial charge in [-0.25, -0.2) is 0 Å². The second-order valence-corrected chi connectivity index (χ2v) is 2.60. The zero-order chi connectivity index (χ0) is 7.11. The molecule has 0 saturated carbocycles.